The van der Waals surface area contributed by atoms with Crippen molar-refractivity contribution in [1.29, 1.82) is 0 Å². The summed E-state index contributed by atoms with van der Waals surface area (Å²) in [7, 11) is 0. The van der Waals surface area contributed by atoms with Crippen molar-refractivity contribution in [1.82, 2.24) is 0 Å². The molecule has 2 N–H and O–H groups in total. The Balaban J connectivity index is 0.000000640. The lowest BCUT2D eigenvalue weighted by molar-refractivity contribution is 0.604. The lowest BCUT2D eigenvalue weighted by Crippen LogP contribution is -2.15. The molecule has 1 rings (SSSR count). The summed E-state index contributed by atoms with van der Waals surface area (Å²) in [6.07, 6.45) is 0. The van der Waals surface area contributed by atoms with E-state index in [0.717, 1.165) is 10.9 Å². The highest BCUT2D eigenvalue weighted by Gasteiger charge is 2.23. The molecule has 0 saturated carbocycles. The Bertz CT molecular complexity index is 133. The Morgan fingerprint density at radius 2 is 2.22 bits per heavy atom. The van der Waals surface area contributed by atoms with Gasteiger partial charge in [0.2, 0.25) is 0 Å². The second-order valence-corrected chi connectivity index (χ2v) is 3.55. The van der Waals surface area contributed by atoms with Gasteiger partial charge in [0.25, 0.3) is 0 Å². The molecule has 1 aliphatic rings. The van der Waals surface area contributed by atoms with Crippen LogP contribution in [0.15, 0.2) is 4.99 Å². The summed E-state index contributed by atoms with van der Waals surface area (Å²) in [5, 5.41) is 0.731. The van der Waals surface area contributed by atoms with E-state index in [9.17, 15) is 0 Å². The monoisotopic (exact) mass is 166 g/mol. The first-order valence-corrected chi connectivity index (χ1v) is 3.57. The minimum Gasteiger partial charge on any atom is -0.379 e. The third kappa shape index (κ3) is 2.45. The molecular formula is C5H11ClN2S. The van der Waals surface area contributed by atoms with E-state index in [0.29, 0.717) is 0 Å². The third-order valence-corrected chi connectivity index (χ3v) is 2.22. The number of amidine groups is 1. The Labute approximate surface area is 65.7 Å². The van der Waals surface area contributed by atoms with Crippen LogP contribution < -0.4 is 5.73 Å². The van der Waals surface area contributed by atoms with Gasteiger partial charge >= 0.3 is 0 Å². The van der Waals surface area contributed by atoms with Crippen molar-refractivity contribution < 1.29 is 0 Å². The van der Waals surface area contributed by atoms with Crippen LogP contribution in [0.25, 0.3) is 0 Å². The van der Waals surface area contributed by atoms with Crippen LogP contribution in [0.2, 0.25) is 0 Å². The van der Waals surface area contributed by atoms with Gasteiger partial charge in [0.1, 0.15) is 0 Å². The molecule has 0 unspecified atom stereocenters. The zero-order chi connectivity index (χ0) is 6.20. The molecule has 0 spiro atoms. The number of aliphatic imine (C=N–C) groups is 1. The highest BCUT2D eigenvalue weighted by atomic mass is 35.5. The van der Waals surface area contributed by atoms with Crippen LogP contribution in [0.3, 0.4) is 0 Å². The van der Waals surface area contributed by atoms with E-state index in [4.69, 9.17) is 5.73 Å². The van der Waals surface area contributed by atoms with Gasteiger partial charge in [-0.1, -0.05) is 11.8 Å². The summed E-state index contributed by atoms with van der Waals surface area (Å²) >= 11 is 1.63. The summed E-state index contributed by atoms with van der Waals surface area (Å²) in [4.78, 5) is 4.18. The van der Waals surface area contributed by atoms with E-state index in [1.54, 1.807) is 11.8 Å². The van der Waals surface area contributed by atoms with Crippen molar-refractivity contribution in [3.8, 4) is 0 Å². The number of nitrogens with zero attached hydrogens (tertiary/aromatic N) is 1. The summed E-state index contributed by atoms with van der Waals surface area (Å²) in [6, 6.07) is 0. The molecule has 0 aliphatic carbocycles. The Morgan fingerprint density at radius 3 is 2.33 bits per heavy atom. The summed E-state index contributed by atoms with van der Waals surface area (Å²) in [5.41, 5.74) is 5.52. The van der Waals surface area contributed by atoms with Gasteiger partial charge in [0.15, 0.2) is 5.17 Å². The number of thioether (sulfide) groups is 1. The van der Waals surface area contributed by atoms with Gasteiger partial charge < -0.3 is 5.73 Å². The minimum absolute atomic E-state index is 0. The lowest BCUT2D eigenvalue weighted by atomic mass is 10.1. The van der Waals surface area contributed by atoms with Crippen molar-refractivity contribution in [2.75, 3.05) is 5.75 Å². The van der Waals surface area contributed by atoms with E-state index in [1.165, 1.54) is 0 Å². The quantitative estimate of drug-likeness (QED) is 0.588. The standard InChI is InChI=1S/C5H10N2S.ClH/c1-5(2)3-8-4(6)7-5;/h3H2,1-2H3,(H2,6,7);1H. The van der Waals surface area contributed by atoms with Gasteiger partial charge in [-0.3, -0.25) is 4.99 Å². The van der Waals surface area contributed by atoms with Gasteiger partial charge in [-0.2, -0.15) is 0 Å². The molecule has 1 heterocycles. The lowest BCUT2D eigenvalue weighted by Gasteiger charge is -2.08. The fourth-order valence-corrected chi connectivity index (χ4v) is 1.49. The fourth-order valence-electron chi connectivity index (χ4n) is 0.613. The van der Waals surface area contributed by atoms with E-state index in [-0.39, 0.29) is 17.9 Å². The number of hydrogen-bond donors (Lipinski definition) is 1. The normalized spacial score (nSPS) is 22.7. The predicted molar refractivity (Wildman–Crippen MR) is 45.4 cm³/mol. The largest absolute Gasteiger partial charge is 0.379 e. The molecule has 9 heavy (non-hydrogen) atoms. The molecule has 0 bridgehead atoms. The zero-order valence-electron chi connectivity index (χ0n) is 5.55. The maximum absolute atomic E-state index is 5.42. The Hall–Kier alpha value is 0.110. The average molecular weight is 167 g/mol. The van der Waals surface area contributed by atoms with Crippen LogP contribution in [0, 0.1) is 0 Å². The molecule has 54 valence electrons. The van der Waals surface area contributed by atoms with Gasteiger partial charge in [-0.15, -0.1) is 12.4 Å². The first kappa shape index (κ1) is 9.11. The molecule has 0 atom stereocenters. The summed E-state index contributed by atoms with van der Waals surface area (Å²) in [6.45, 7) is 4.17. The van der Waals surface area contributed by atoms with Gasteiger partial charge in [0, 0.05) is 5.75 Å². The van der Waals surface area contributed by atoms with E-state index in [1.807, 2.05) is 0 Å². The van der Waals surface area contributed by atoms with Gasteiger partial charge in [0.05, 0.1) is 5.54 Å². The molecule has 0 aromatic heterocycles. The fraction of sp³-hybridized carbons (Fsp3) is 0.800. The van der Waals surface area contributed by atoms with Gasteiger partial charge in [-0.05, 0) is 13.8 Å². The molecule has 1 aliphatic heterocycles. The molecule has 0 radical (unpaired) electrons. The van der Waals surface area contributed by atoms with Crippen LogP contribution in [-0.4, -0.2) is 16.5 Å². The van der Waals surface area contributed by atoms with Crippen LogP contribution in [0.5, 0.6) is 0 Å². The number of rotatable bonds is 0. The van der Waals surface area contributed by atoms with Crippen molar-refractivity contribution >= 4 is 29.3 Å². The van der Waals surface area contributed by atoms with Crippen molar-refractivity contribution in [2.24, 2.45) is 10.7 Å². The van der Waals surface area contributed by atoms with Crippen molar-refractivity contribution in [3.63, 3.8) is 0 Å². The molecule has 2 nitrogen and oxygen atoms in total. The molecular weight excluding hydrogens is 156 g/mol. The number of nitrogens with two attached hydrogens (primary N) is 1. The maximum atomic E-state index is 5.42. The smallest absolute Gasteiger partial charge is 0.154 e. The summed E-state index contributed by atoms with van der Waals surface area (Å²) < 4.78 is 0. The first-order chi connectivity index (χ1) is 3.60. The van der Waals surface area contributed by atoms with E-state index in [2.05, 4.69) is 18.8 Å². The topological polar surface area (TPSA) is 38.4 Å². The molecule has 0 fully saturated rings. The van der Waals surface area contributed by atoms with Crippen LogP contribution in [0.4, 0.5) is 0 Å². The highest BCUT2D eigenvalue weighted by molar-refractivity contribution is 8.14. The van der Waals surface area contributed by atoms with E-state index < -0.39 is 0 Å². The third-order valence-electron chi connectivity index (χ3n) is 0.986. The SMILES string of the molecule is CC1(C)CSC(N)=N1.Cl. The van der Waals surface area contributed by atoms with Crippen LogP contribution in [0.1, 0.15) is 13.8 Å². The highest BCUT2D eigenvalue weighted by Crippen LogP contribution is 2.24. The molecule has 4 heteroatoms. The summed E-state index contributed by atoms with van der Waals surface area (Å²) in [5.74, 6) is 1.03. The van der Waals surface area contributed by atoms with Crippen LogP contribution >= 0.6 is 24.2 Å². The maximum Gasteiger partial charge on any atom is 0.154 e. The van der Waals surface area contributed by atoms with Crippen molar-refractivity contribution in [2.45, 2.75) is 19.4 Å². The zero-order valence-corrected chi connectivity index (χ0v) is 7.18. The van der Waals surface area contributed by atoms with Gasteiger partial charge in [-0.25, -0.2) is 0 Å². The molecule has 0 saturated heterocycles. The van der Waals surface area contributed by atoms with E-state index >= 15 is 0 Å². The number of hydrogen-bond acceptors (Lipinski definition) is 3. The Morgan fingerprint density at radius 1 is 1.67 bits per heavy atom. The molecule has 0 aromatic rings. The second-order valence-electron chi connectivity index (χ2n) is 2.55. The Kier molecular flexibility index (Phi) is 2.83. The minimum atomic E-state index is 0. The number of halogens is 1. The second kappa shape index (κ2) is 2.80. The average Bonchev–Trinajstić information content (AvgIpc) is 1.82. The predicted octanol–water partition coefficient (Wildman–Crippen LogP) is 1.25. The molecule has 0 amide bonds. The first-order valence-electron chi connectivity index (χ1n) is 2.58. The van der Waals surface area contributed by atoms with Crippen molar-refractivity contribution in [3.05, 3.63) is 0 Å². The molecule has 0 aromatic carbocycles. The van der Waals surface area contributed by atoms with Crippen LogP contribution in [-0.2, 0) is 0 Å².